The Morgan fingerprint density at radius 1 is 1.57 bits per heavy atom. The summed E-state index contributed by atoms with van der Waals surface area (Å²) in [5.41, 5.74) is 0. The van der Waals surface area contributed by atoms with Crippen molar-refractivity contribution in [3.63, 3.8) is 0 Å². The average molecular weight is 210 g/mol. The third-order valence-electron chi connectivity index (χ3n) is 2.11. The van der Waals surface area contributed by atoms with E-state index >= 15 is 0 Å². The summed E-state index contributed by atoms with van der Waals surface area (Å²) in [7, 11) is 0. The number of allylic oxidation sites excluding steroid dienone is 2. The fraction of sp³-hybridized carbons (Fsp3) is 0.500. The van der Waals surface area contributed by atoms with Crippen LogP contribution < -0.4 is 0 Å². The third-order valence-corrected chi connectivity index (χ3v) is 3.17. The van der Waals surface area contributed by atoms with E-state index in [1.54, 1.807) is 11.3 Å². The Labute approximate surface area is 90.4 Å². The van der Waals surface area contributed by atoms with Crippen LogP contribution in [0.1, 0.15) is 38.0 Å². The van der Waals surface area contributed by atoms with Gasteiger partial charge in [0.05, 0.1) is 12.4 Å². The van der Waals surface area contributed by atoms with Crippen LogP contribution in [0.5, 0.6) is 0 Å². The zero-order chi connectivity index (χ0) is 10.4. The highest BCUT2D eigenvalue weighted by molar-refractivity contribution is 7.10. The van der Waals surface area contributed by atoms with Gasteiger partial charge in [0.15, 0.2) is 0 Å². The van der Waals surface area contributed by atoms with E-state index in [2.05, 4.69) is 37.4 Å². The molecule has 1 atom stereocenters. The van der Waals surface area contributed by atoms with E-state index in [-0.39, 0.29) is 0 Å². The molecule has 0 bridgehead atoms. The van der Waals surface area contributed by atoms with Gasteiger partial charge in [-0.3, -0.25) is 0 Å². The number of rotatable bonds is 5. The Hall–Kier alpha value is -0.760. The minimum Gasteiger partial charge on any atom is -0.498 e. The predicted octanol–water partition coefficient (Wildman–Crippen LogP) is 4.18. The molecule has 1 heterocycles. The molecular formula is C12H18OS. The lowest BCUT2D eigenvalue weighted by atomic mass is 10.1. The molecule has 1 unspecified atom stereocenters. The Morgan fingerprint density at radius 3 is 2.86 bits per heavy atom. The summed E-state index contributed by atoms with van der Waals surface area (Å²) >= 11 is 1.79. The molecule has 0 aliphatic heterocycles. The summed E-state index contributed by atoms with van der Waals surface area (Å²) in [5.74, 6) is 1.51. The lowest BCUT2D eigenvalue weighted by Crippen LogP contribution is -2.00. The summed E-state index contributed by atoms with van der Waals surface area (Å²) in [6, 6.07) is 4.25. The van der Waals surface area contributed by atoms with E-state index in [1.165, 1.54) is 4.88 Å². The summed E-state index contributed by atoms with van der Waals surface area (Å²) in [6.07, 6.45) is 3.21. The van der Waals surface area contributed by atoms with Gasteiger partial charge in [-0.1, -0.05) is 19.9 Å². The average Bonchev–Trinajstić information content (AvgIpc) is 2.69. The van der Waals surface area contributed by atoms with Crippen LogP contribution in [-0.2, 0) is 4.74 Å². The normalized spacial score (nSPS) is 14.1. The van der Waals surface area contributed by atoms with Gasteiger partial charge in [-0.15, -0.1) is 11.3 Å². The molecular weight excluding hydrogens is 192 g/mol. The molecule has 0 saturated carbocycles. The predicted molar refractivity (Wildman–Crippen MR) is 62.7 cm³/mol. The van der Waals surface area contributed by atoms with Crippen molar-refractivity contribution in [2.45, 2.75) is 33.1 Å². The van der Waals surface area contributed by atoms with Crippen LogP contribution in [0, 0.1) is 0 Å². The first-order valence-electron chi connectivity index (χ1n) is 5.15. The molecule has 0 amide bonds. The largest absolute Gasteiger partial charge is 0.498 e. The van der Waals surface area contributed by atoms with Gasteiger partial charge >= 0.3 is 0 Å². The standard InChI is InChI=1S/C12H18OS/c1-4-7-11(13-5-2)10(3)12-8-6-9-14-12/h6-10H,4-5H2,1-3H3/b11-7+. The smallest absolute Gasteiger partial charge is 0.0999 e. The van der Waals surface area contributed by atoms with Crippen molar-refractivity contribution >= 4 is 11.3 Å². The second kappa shape index (κ2) is 5.86. The summed E-state index contributed by atoms with van der Waals surface area (Å²) in [6.45, 7) is 7.12. The SMILES string of the molecule is CC/C=C(/OCC)C(C)c1cccs1. The van der Waals surface area contributed by atoms with E-state index in [0.29, 0.717) is 5.92 Å². The quantitative estimate of drug-likeness (QED) is 0.662. The van der Waals surface area contributed by atoms with Crippen molar-refractivity contribution in [2.75, 3.05) is 6.61 Å². The molecule has 0 fully saturated rings. The van der Waals surface area contributed by atoms with E-state index < -0.39 is 0 Å². The highest BCUT2D eigenvalue weighted by Crippen LogP contribution is 2.28. The second-order valence-electron chi connectivity index (χ2n) is 3.18. The number of thiophene rings is 1. The minimum absolute atomic E-state index is 0.398. The Balaban J connectivity index is 2.73. The lowest BCUT2D eigenvalue weighted by molar-refractivity contribution is 0.211. The first-order valence-corrected chi connectivity index (χ1v) is 6.03. The molecule has 1 aromatic heterocycles. The Bertz CT molecular complexity index is 275. The van der Waals surface area contributed by atoms with Crippen LogP contribution in [0.4, 0.5) is 0 Å². The maximum Gasteiger partial charge on any atom is 0.0999 e. The highest BCUT2D eigenvalue weighted by atomic mass is 32.1. The Morgan fingerprint density at radius 2 is 2.36 bits per heavy atom. The van der Waals surface area contributed by atoms with Crippen molar-refractivity contribution in [2.24, 2.45) is 0 Å². The van der Waals surface area contributed by atoms with Crippen LogP contribution in [0.3, 0.4) is 0 Å². The molecule has 0 spiro atoms. The maximum atomic E-state index is 5.64. The monoisotopic (exact) mass is 210 g/mol. The molecule has 0 N–H and O–H groups in total. The minimum atomic E-state index is 0.398. The van der Waals surface area contributed by atoms with Gasteiger partial charge in [0.25, 0.3) is 0 Å². The maximum absolute atomic E-state index is 5.64. The molecule has 2 heteroatoms. The molecule has 78 valence electrons. The fourth-order valence-electron chi connectivity index (χ4n) is 1.41. The summed E-state index contributed by atoms with van der Waals surface area (Å²) < 4.78 is 5.64. The number of ether oxygens (including phenoxy) is 1. The van der Waals surface area contributed by atoms with Crippen LogP contribution in [0.15, 0.2) is 29.3 Å². The fourth-order valence-corrected chi connectivity index (χ4v) is 2.20. The van der Waals surface area contributed by atoms with Gasteiger partial charge in [-0.25, -0.2) is 0 Å². The van der Waals surface area contributed by atoms with Gasteiger partial charge < -0.3 is 4.74 Å². The van der Waals surface area contributed by atoms with Crippen LogP contribution in [-0.4, -0.2) is 6.61 Å². The van der Waals surface area contributed by atoms with Gasteiger partial charge in [-0.05, 0) is 30.9 Å². The molecule has 14 heavy (non-hydrogen) atoms. The van der Waals surface area contributed by atoms with Gasteiger partial charge in [0, 0.05) is 10.8 Å². The van der Waals surface area contributed by atoms with E-state index in [0.717, 1.165) is 18.8 Å². The number of hydrogen-bond donors (Lipinski definition) is 0. The lowest BCUT2D eigenvalue weighted by Gasteiger charge is -2.14. The van der Waals surface area contributed by atoms with Gasteiger partial charge in [0.2, 0.25) is 0 Å². The van der Waals surface area contributed by atoms with Crippen LogP contribution in [0.25, 0.3) is 0 Å². The molecule has 0 saturated heterocycles. The van der Waals surface area contributed by atoms with Crippen molar-refractivity contribution in [1.29, 1.82) is 0 Å². The highest BCUT2D eigenvalue weighted by Gasteiger charge is 2.12. The van der Waals surface area contributed by atoms with Crippen molar-refractivity contribution in [3.05, 3.63) is 34.2 Å². The van der Waals surface area contributed by atoms with E-state index in [1.807, 2.05) is 6.92 Å². The van der Waals surface area contributed by atoms with E-state index in [4.69, 9.17) is 4.74 Å². The number of hydrogen-bond acceptors (Lipinski definition) is 2. The first-order chi connectivity index (χ1) is 6.79. The molecule has 0 aromatic carbocycles. The van der Waals surface area contributed by atoms with Crippen LogP contribution in [0.2, 0.25) is 0 Å². The van der Waals surface area contributed by atoms with E-state index in [9.17, 15) is 0 Å². The zero-order valence-electron chi connectivity index (χ0n) is 9.12. The van der Waals surface area contributed by atoms with Crippen molar-refractivity contribution < 1.29 is 4.74 Å². The third kappa shape index (κ3) is 2.88. The molecule has 0 radical (unpaired) electrons. The van der Waals surface area contributed by atoms with Gasteiger partial charge in [-0.2, -0.15) is 0 Å². The van der Waals surface area contributed by atoms with Crippen molar-refractivity contribution in [3.8, 4) is 0 Å². The second-order valence-corrected chi connectivity index (χ2v) is 4.16. The first kappa shape index (κ1) is 11.3. The molecule has 1 aromatic rings. The zero-order valence-corrected chi connectivity index (χ0v) is 9.93. The van der Waals surface area contributed by atoms with Crippen LogP contribution >= 0.6 is 11.3 Å². The molecule has 1 nitrogen and oxygen atoms in total. The topological polar surface area (TPSA) is 9.23 Å². The van der Waals surface area contributed by atoms with Crippen molar-refractivity contribution in [1.82, 2.24) is 0 Å². The molecule has 1 rings (SSSR count). The molecule has 0 aliphatic rings. The Kier molecular flexibility index (Phi) is 4.74. The summed E-state index contributed by atoms with van der Waals surface area (Å²) in [5, 5.41) is 2.11. The van der Waals surface area contributed by atoms with Gasteiger partial charge in [0.1, 0.15) is 0 Å². The summed E-state index contributed by atoms with van der Waals surface area (Å²) in [4.78, 5) is 1.37. The molecule has 0 aliphatic carbocycles.